The average molecular weight is 254 g/mol. The molecule has 0 aliphatic heterocycles. The van der Waals surface area contributed by atoms with Gasteiger partial charge in [0.05, 0.1) is 0 Å². The van der Waals surface area contributed by atoms with Gasteiger partial charge in [-0.15, -0.1) is 0 Å². The summed E-state index contributed by atoms with van der Waals surface area (Å²) in [7, 11) is 0. The van der Waals surface area contributed by atoms with Gasteiger partial charge in [0.2, 0.25) is 5.91 Å². The Balaban J connectivity index is 2.48. The summed E-state index contributed by atoms with van der Waals surface area (Å²) in [5.74, 6) is -0.428. The van der Waals surface area contributed by atoms with Gasteiger partial charge in [-0.1, -0.05) is 5.57 Å². The number of alkyl carbamates (subject to hydrolysis) is 1. The lowest BCUT2D eigenvalue weighted by Crippen LogP contribution is -2.40. The lowest BCUT2D eigenvalue weighted by atomic mass is 9.90. The first-order chi connectivity index (χ1) is 8.26. The number of nitrogens with two attached hydrogens (primary N) is 1. The second kappa shape index (κ2) is 5.89. The zero-order valence-corrected chi connectivity index (χ0v) is 11.3. The third kappa shape index (κ3) is 5.70. The van der Waals surface area contributed by atoms with Crippen LogP contribution in [-0.4, -0.2) is 23.6 Å². The predicted octanol–water partition coefficient (Wildman–Crippen LogP) is 1.87. The second-order valence-electron chi connectivity index (χ2n) is 5.64. The zero-order valence-electron chi connectivity index (χ0n) is 11.3. The molecule has 0 bridgehead atoms. The summed E-state index contributed by atoms with van der Waals surface area (Å²) < 4.78 is 5.20. The Morgan fingerprint density at radius 2 is 2.11 bits per heavy atom. The minimum Gasteiger partial charge on any atom is -0.444 e. The van der Waals surface area contributed by atoms with E-state index in [4.69, 9.17) is 10.5 Å². The van der Waals surface area contributed by atoms with Crippen molar-refractivity contribution >= 4 is 12.0 Å². The first-order valence-electron chi connectivity index (χ1n) is 6.24. The second-order valence-corrected chi connectivity index (χ2v) is 5.64. The van der Waals surface area contributed by atoms with Gasteiger partial charge in [0.25, 0.3) is 0 Å². The van der Waals surface area contributed by atoms with Gasteiger partial charge in [-0.2, -0.15) is 0 Å². The van der Waals surface area contributed by atoms with Crippen molar-refractivity contribution < 1.29 is 14.3 Å². The molecule has 102 valence electrons. The summed E-state index contributed by atoms with van der Waals surface area (Å²) in [6.45, 7) is 5.48. The highest BCUT2D eigenvalue weighted by Gasteiger charge is 2.22. The van der Waals surface area contributed by atoms with E-state index in [9.17, 15) is 9.59 Å². The number of nitrogens with one attached hydrogen (secondary N) is 1. The van der Waals surface area contributed by atoms with Gasteiger partial charge in [-0.3, -0.25) is 4.79 Å². The van der Waals surface area contributed by atoms with Crippen LogP contribution in [0.4, 0.5) is 4.79 Å². The maximum Gasteiger partial charge on any atom is 0.407 e. The fourth-order valence-corrected chi connectivity index (χ4v) is 2.03. The third-order valence-electron chi connectivity index (χ3n) is 2.63. The molecule has 1 unspecified atom stereocenters. The molecule has 0 radical (unpaired) electrons. The van der Waals surface area contributed by atoms with Crippen molar-refractivity contribution in [3.05, 3.63) is 11.6 Å². The van der Waals surface area contributed by atoms with Crippen LogP contribution in [0, 0.1) is 0 Å². The maximum absolute atomic E-state index is 11.6. The molecular weight excluding hydrogens is 232 g/mol. The molecule has 5 nitrogen and oxygen atoms in total. The number of rotatable bonds is 2. The van der Waals surface area contributed by atoms with Crippen LogP contribution in [0.3, 0.4) is 0 Å². The van der Waals surface area contributed by atoms with Gasteiger partial charge in [-0.05, 0) is 46.5 Å². The summed E-state index contributed by atoms with van der Waals surface area (Å²) in [5, 5.41) is 2.82. The van der Waals surface area contributed by atoms with Crippen molar-refractivity contribution in [3.8, 4) is 0 Å². The highest BCUT2D eigenvalue weighted by Crippen LogP contribution is 2.23. The molecular formula is C13H22N2O3. The Morgan fingerprint density at radius 1 is 1.44 bits per heavy atom. The van der Waals surface area contributed by atoms with Crippen LogP contribution in [0.2, 0.25) is 0 Å². The molecule has 0 aromatic carbocycles. The minimum absolute atomic E-state index is 0.0270. The Labute approximate surface area is 108 Å². The predicted molar refractivity (Wildman–Crippen MR) is 68.9 cm³/mol. The summed E-state index contributed by atoms with van der Waals surface area (Å²) in [6.07, 6.45) is 4.43. The van der Waals surface area contributed by atoms with E-state index in [0.717, 1.165) is 24.8 Å². The van der Waals surface area contributed by atoms with Crippen LogP contribution in [0.25, 0.3) is 0 Å². The van der Waals surface area contributed by atoms with Crippen LogP contribution in [0.1, 0.15) is 46.5 Å². The van der Waals surface area contributed by atoms with E-state index in [1.807, 2.05) is 20.8 Å². The number of ether oxygens (including phenoxy) is 1. The van der Waals surface area contributed by atoms with Crippen LogP contribution in [0.15, 0.2) is 11.6 Å². The fourth-order valence-electron chi connectivity index (χ4n) is 2.03. The zero-order chi connectivity index (χ0) is 13.8. The molecule has 1 saturated carbocycles. The van der Waals surface area contributed by atoms with Gasteiger partial charge in [0.15, 0.2) is 0 Å². The van der Waals surface area contributed by atoms with Gasteiger partial charge >= 0.3 is 6.09 Å². The minimum atomic E-state index is -0.495. The summed E-state index contributed by atoms with van der Waals surface area (Å²) in [6, 6.07) is 0.0270. The molecule has 0 aromatic heterocycles. The van der Waals surface area contributed by atoms with E-state index < -0.39 is 17.6 Å². The SMILES string of the molecule is CC(C)(C)OC(=O)NC1CCC/C(=C/C(N)=O)C1. The number of hydrogen-bond acceptors (Lipinski definition) is 3. The molecule has 1 aliphatic rings. The molecule has 18 heavy (non-hydrogen) atoms. The van der Waals surface area contributed by atoms with Gasteiger partial charge < -0.3 is 15.8 Å². The number of hydrogen-bond donors (Lipinski definition) is 2. The molecule has 0 aromatic rings. The summed E-state index contributed by atoms with van der Waals surface area (Å²) in [5.41, 5.74) is 5.63. The molecule has 0 heterocycles. The molecule has 2 amide bonds. The normalized spacial score (nSPS) is 22.6. The first kappa shape index (κ1) is 14.5. The molecule has 3 N–H and O–H groups in total. The van der Waals surface area contributed by atoms with Crippen LogP contribution < -0.4 is 11.1 Å². The van der Waals surface area contributed by atoms with E-state index >= 15 is 0 Å². The molecule has 1 atom stereocenters. The molecule has 1 rings (SSSR count). The number of primary amides is 1. The molecule has 1 fully saturated rings. The van der Waals surface area contributed by atoms with Crippen LogP contribution >= 0.6 is 0 Å². The van der Waals surface area contributed by atoms with Gasteiger partial charge in [0, 0.05) is 12.1 Å². The first-order valence-corrected chi connectivity index (χ1v) is 6.24. The van der Waals surface area contributed by atoms with E-state index in [0.29, 0.717) is 6.42 Å². The van der Waals surface area contributed by atoms with Crippen LogP contribution in [-0.2, 0) is 9.53 Å². The Kier molecular flexibility index (Phi) is 4.76. The highest BCUT2D eigenvalue weighted by atomic mass is 16.6. The third-order valence-corrected chi connectivity index (χ3v) is 2.63. The van der Waals surface area contributed by atoms with Crippen molar-refractivity contribution in [3.63, 3.8) is 0 Å². The van der Waals surface area contributed by atoms with Gasteiger partial charge in [-0.25, -0.2) is 4.79 Å². The summed E-state index contributed by atoms with van der Waals surface area (Å²) >= 11 is 0. The fraction of sp³-hybridized carbons (Fsp3) is 0.692. The number of carbonyl (C=O) groups is 2. The molecule has 0 saturated heterocycles. The quantitative estimate of drug-likeness (QED) is 0.738. The highest BCUT2D eigenvalue weighted by molar-refractivity contribution is 5.86. The number of carbonyl (C=O) groups excluding carboxylic acids is 2. The largest absolute Gasteiger partial charge is 0.444 e. The van der Waals surface area contributed by atoms with Crippen molar-refractivity contribution in [2.24, 2.45) is 5.73 Å². The van der Waals surface area contributed by atoms with Crippen molar-refractivity contribution in [2.75, 3.05) is 0 Å². The molecule has 5 heteroatoms. The Morgan fingerprint density at radius 3 is 2.67 bits per heavy atom. The van der Waals surface area contributed by atoms with E-state index in [1.165, 1.54) is 6.08 Å². The Bertz CT molecular complexity index is 356. The van der Waals surface area contributed by atoms with E-state index in [-0.39, 0.29) is 6.04 Å². The van der Waals surface area contributed by atoms with Gasteiger partial charge in [0.1, 0.15) is 5.60 Å². The summed E-state index contributed by atoms with van der Waals surface area (Å²) in [4.78, 5) is 22.4. The molecule has 0 spiro atoms. The van der Waals surface area contributed by atoms with Crippen LogP contribution in [0.5, 0.6) is 0 Å². The number of amides is 2. The van der Waals surface area contributed by atoms with E-state index in [1.54, 1.807) is 0 Å². The molecule has 1 aliphatic carbocycles. The van der Waals surface area contributed by atoms with Crippen molar-refractivity contribution in [2.45, 2.75) is 58.1 Å². The van der Waals surface area contributed by atoms with Crippen molar-refractivity contribution in [1.29, 1.82) is 0 Å². The smallest absolute Gasteiger partial charge is 0.407 e. The maximum atomic E-state index is 11.6. The van der Waals surface area contributed by atoms with Crippen molar-refractivity contribution in [1.82, 2.24) is 5.32 Å². The lowest BCUT2D eigenvalue weighted by molar-refractivity contribution is -0.113. The Hall–Kier alpha value is -1.52. The monoisotopic (exact) mass is 254 g/mol. The standard InChI is InChI=1S/C13H22N2O3/c1-13(2,3)18-12(17)15-10-6-4-5-9(7-10)8-11(14)16/h8,10H,4-7H2,1-3H3,(H2,14,16)(H,15,17)/b9-8-. The topological polar surface area (TPSA) is 81.4 Å². The van der Waals surface area contributed by atoms with E-state index in [2.05, 4.69) is 5.32 Å². The lowest BCUT2D eigenvalue weighted by Gasteiger charge is -2.27. The average Bonchev–Trinajstić information content (AvgIpc) is 2.13.